The van der Waals surface area contributed by atoms with E-state index in [1.54, 1.807) is 35.1 Å². The molecular formula is C30H33N5O5S2. The Hall–Kier alpha value is -3.79. The smallest absolute Gasteiger partial charge is 0.262 e. The Labute approximate surface area is 246 Å². The van der Waals surface area contributed by atoms with Crippen molar-refractivity contribution in [1.29, 1.82) is 5.26 Å². The first kappa shape index (κ1) is 29.7. The van der Waals surface area contributed by atoms with Crippen LogP contribution in [0.4, 0.5) is 0 Å². The van der Waals surface area contributed by atoms with Gasteiger partial charge in [0.05, 0.1) is 22.1 Å². The second kappa shape index (κ2) is 11.8. The zero-order valence-electron chi connectivity index (χ0n) is 23.5. The van der Waals surface area contributed by atoms with E-state index in [9.17, 15) is 26.9 Å². The molecule has 2 saturated heterocycles. The van der Waals surface area contributed by atoms with E-state index in [0.717, 1.165) is 12.1 Å². The van der Waals surface area contributed by atoms with Crippen LogP contribution in [-0.2, 0) is 24.7 Å². The molecule has 3 heterocycles. The molecule has 0 saturated carbocycles. The number of piperidine rings is 1. The van der Waals surface area contributed by atoms with Gasteiger partial charge in [-0.1, -0.05) is 44.2 Å². The summed E-state index contributed by atoms with van der Waals surface area (Å²) in [7, 11) is -6.98. The molecule has 3 unspecified atom stereocenters. The molecule has 1 N–H and O–H groups in total. The SMILES string of the molecule is CC1CC(C)CN(S(=O)(=O)c2cccc(-c3nn(-c4ccccc4)cc3C=C(C#N)C(=O)NC3CCS(=O)(=O)C3)c2)C1. The van der Waals surface area contributed by atoms with E-state index in [4.69, 9.17) is 5.10 Å². The molecule has 0 bridgehead atoms. The van der Waals surface area contributed by atoms with Crippen molar-refractivity contribution < 1.29 is 21.6 Å². The zero-order valence-corrected chi connectivity index (χ0v) is 25.1. The van der Waals surface area contributed by atoms with E-state index < -0.39 is 31.8 Å². The van der Waals surface area contributed by atoms with Gasteiger partial charge in [-0.15, -0.1) is 0 Å². The number of nitrogens with zero attached hydrogens (tertiary/aromatic N) is 4. The normalized spacial score (nSPS) is 22.9. The van der Waals surface area contributed by atoms with Gasteiger partial charge in [-0.25, -0.2) is 21.5 Å². The van der Waals surface area contributed by atoms with Crippen LogP contribution in [0.5, 0.6) is 0 Å². The molecule has 0 radical (unpaired) electrons. The van der Waals surface area contributed by atoms with Crippen LogP contribution in [0.2, 0.25) is 0 Å². The number of para-hydroxylation sites is 1. The molecule has 3 atom stereocenters. The predicted molar refractivity (Wildman–Crippen MR) is 159 cm³/mol. The zero-order chi connectivity index (χ0) is 30.1. The van der Waals surface area contributed by atoms with Gasteiger partial charge in [0.25, 0.3) is 5.91 Å². The average Bonchev–Trinajstić information content (AvgIpc) is 3.53. The van der Waals surface area contributed by atoms with Gasteiger partial charge in [0.2, 0.25) is 10.0 Å². The number of sulfone groups is 1. The number of rotatable bonds is 7. The second-order valence-electron chi connectivity index (χ2n) is 11.3. The van der Waals surface area contributed by atoms with Gasteiger partial charge >= 0.3 is 0 Å². The highest BCUT2D eigenvalue weighted by Gasteiger charge is 2.32. The van der Waals surface area contributed by atoms with E-state index in [0.29, 0.717) is 36.3 Å². The number of hydrogen-bond acceptors (Lipinski definition) is 7. The third-order valence-corrected chi connectivity index (χ3v) is 11.2. The molecule has 42 heavy (non-hydrogen) atoms. The molecule has 2 aliphatic heterocycles. The van der Waals surface area contributed by atoms with Crippen molar-refractivity contribution in [2.45, 2.75) is 37.6 Å². The highest BCUT2D eigenvalue weighted by molar-refractivity contribution is 7.91. The molecule has 12 heteroatoms. The molecule has 10 nitrogen and oxygen atoms in total. The van der Waals surface area contributed by atoms with Crippen molar-refractivity contribution in [3.05, 3.63) is 71.9 Å². The fourth-order valence-corrected chi connectivity index (χ4v) is 9.06. The van der Waals surface area contributed by atoms with E-state index in [2.05, 4.69) is 19.2 Å². The number of nitriles is 1. The molecule has 2 aliphatic rings. The summed E-state index contributed by atoms with van der Waals surface area (Å²) in [5.74, 6) is -0.339. The van der Waals surface area contributed by atoms with Crippen LogP contribution < -0.4 is 5.32 Å². The number of hydrogen-bond donors (Lipinski definition) is 1. The number of amides is 1. The Kier molecular flexibility index (Phi) is 8.37. The van der Waals surface area contributed by atoms with Crippen molar-refractivity contribution in [2.24, 2.45) is 11.8 Å². The van der Waals surface area contributed by atoms with Crippen molar-refractivity contribution in [3.8, 4) is 23.0 Å². The van der Waals surface area contributed by atoms with Crippen LogP contribution in [0.25, 0.3) is 23.0 Å². The van der Waals surface area contributed by atoms with Crippen molar-refractivity contribution in [3.63, 3.8) is 0 Å². The van der Waals surface area contributed by atoms with E-state index >= 15 is 0 Å². The van der Waals surface area contributed by atoms with Gasteiger partial charge in [0, 0.05) is 36.5 Å². The van der Waals surface area contributed by atoms with Crippen molar-refractivity contribution >= 4 is 31.8 Å². The average molecular weight is 608 g/mol. The number of sulfonamides is 1. The summed E-state index contributed by atoms with van der Waals surface area (Å²) in [5, 5.41) is 17.2. The van der Waals surface area contributed by atoms with Crippen LogP contribution in [0.15, 0.2) is 71.3 Å². The third kappa shape index (κ3) is 6.48. The Balaban J connectivity index is 1.53. The van der Waals surface area contributed by atoms with Gasteiger partial charge < -0.3 is 5.32 Å². The molecule has 2 aromatic carbocycles. The largest absolute Gasteiger partial charge is 0.348 e. The van der Waals surface area contributed by atoms with Gasteiger partial charge in [0.15, 0.2) is 9.84 Å². The summed E-state index contributed by atoms with van der Waals surface area (Å²) in [6.45, 7) is 5.02. The molecule has 220 valence electrons. The molecular weight excluding hydrogens is 574 g/mol. The first-order chi connectivity index (χ1) is 19.9. The molecule has 0 spiro atoms. The molecule has 2 fully saturated rings. The fraction of sp³-hybridized carbons (Fsp3) is 0.367. The van der Waals surface area contributed by atoms with Gasteiger partial charge in [-0.2, -0.15) is 14.7 Å². The summed E-state index contributed by atoms with van der Waals surface area (Å²) in [6, 6.07) is 17.2. The minimum absolute atomic E-state index is 0.00789. The van der Waals surface area contributed by atoms with E-state index in [-0.39, 0.29) is 33.8 Å². The van der Waals surface area contributed by atoms with Crippen LogP contribution >= 0.6 is 0 Å². The maximum atomic E-state index is 13.6. The minimum atomic E-state index is -3.76. The third-order valence-electron chi connectivity index (χ3n) is 7.58. The number of nitrogens with one attached hydrogen (secondary N) is 1. The van der Waals surface area contributed by atoms with Crippen LogP contribution in [0, 0.1) is 23.2 Å². The molecule has 5 rings (SSSR count). The highest BCUT2D eigenvalue weighted by Crippen LogP contribution is 2.31. The first-order valence-electron chi connectivity index (χ1n) is 13.8. The van der Waals surface area contributed by atoms with Crippen LogP contribution in [0.1, 0.15) is 32.3 Å². The lowest BCUT2D eigenvalue weighted by atomic mass is 9.94. The van der Waals surface area contributed by atoms with Gasteiger partial charge in [0.1, 0.15) is 17.3 Å². The van der Waals surface area contributed by atoms with Gasteiger partial charge in [-0.3, -0.25) is 4.79 Å². The monoisotopic (exact) mass is 607 g/mol. The Morgan fingerprint density at radius 2 is 1.81 bits per heavy atom. The molecule has 0 aliphatic carbocycles. The lowest BCUT2D eigenvalue weighted by Gasteiger charge is -2.34. The summed E-state index contributed by atoms with van der Waals surface area (Å²) in [5.41, 5.74) is 1.85. The van der Waals surface area contributed by atoms with Crippen LogP contribution in [0.3, 0.4) is 0 Å². The summed E-state index contributed by atoms with van der Waals surface area (Å²) in [6.07, 6.45) is 4.34. The maximum Gasteiger partial charge on any atom is 0.262 e. The highest BCUT2D eigenvalue weighted by atomic mass is 32.2. The quantitative estimate of drug-likeness (QED) is 0.320. The molecule has 1 amide bonds. The Morgan fingerprint density at radius 1 is 1.10 bits per heavy atom. The molecule has 3 aromatic rings. The summed E-state index contributed by atoms with van der Waals surface area (Å²) < 4.78 is 54.1. The number of carbonyl (C=O) groups is 1. The lowest BCUT2D eigenvalue weighted by Crippen LogP contribution is -2.42. The Morgan fingerprint density at radius 3 is 2.45 bits per heavy atom. The standard InChI is InChI=1S/C30H33N5O5S2/c1-21-13-22(2)18-34(17-21)42(39,40)28-10-6-7-23(15-28)29-25(19-35(33-29)27-8-4-3-5-9-27)14-24(16-31)30(36)32-26-11-12-41(37,38)20-26/h3-10,14-15,19,21-22,26H,11-13,17-18,20H2,1-2H3,(H,32,36). The van der Waals surface area contributed by atoms with Crippen molar-refractivity contribution in [2.75, 3.05) is 24.6 Å². The summed E-state index contributed by atoms with van der Waals surface area (Å²) in [4.78, 5) is 13.1. The second-order valence-corrected chi connectivity index (χ2v) is 15.4. The van der Waals surface area contributed by atoms with Crippen LogP contribution in [-0.4, -0.2) is 67.5 Å². The van der Waals surface area contributed by atoms with E-state index in [1.165, 1.54) is 10.4 Å². The number of carbonyl (C=O) groups excluding carboxylic acids is 1. The van der Waals surface area contributed by atoms with E-state index in [1.807, 2.05) is 36.4 Å². The fourth-order valence-electron chi connectivity index (χ4n) is 5.66. The maximum absolute atomic E-state index is 13.6. The first-order valence-corrected chi connectivity index (χ1v) is 17.1. The molecule has 1 aromatic heterocycles. The predicted octanol–water partition coefficient (Wildman–Crippen LogP) is 3.42. The van der Waals surface area contributed by atoms with Crippen molar-refractivity contribution in [1.82, 2.24) is 19.4 Å². The number of benzene rings is 2. The number of aromatic nitrogens is 2. The minimum Gasteiger partial charge on any atom is -0.348 e. The lowest BCUT2D eigenvalue weighted by molar-refractivity contribution is -0.117. The topological polar surface area (TPSA) is 142 Å². The van der Waals surface area contributed by atoms with Gasteiger partial charge in [-0.05, 0) is 55.0 Å². The Bertz CT molecular complexity index is 1770. The summed E-state index contributed by atoms with van der Waals surface area (Å²) >= 11 is 0.